The largest absolute Gasteiger partial charge is 0.489 e. The highest BCUT2D eigenvalue weighted by atomic mass is 35.5. The van der Waals surface area contributed by atoms with Crippen LogP contribution in [-0.2, 0) is 16.1 Å². The standard InChI is InChI=1S/C24H20ClNO6/c1-30-23(28)17-11-18(24(29)31-2)13-19(12-17)26-22(27)15-7-9-20(10-8-15)32-14-16-5-3-4-6-21(16)25/h3-13H,14H2,1-2H3,(H,26,27). The highest BCUT2D eigenvalue weighted by molar-refractivity contribution is 6.31. The third-order valence-corrected chi connectivity index (χ3v) is 4.87. The van der Waals surface area contributed by atoms with Crippen LogP contribution in [0, 0.1) is 0 Å². The maximum atomic E-state index is 12.6. The summed E-state index contributed by atoms with van der Waals surface area (Å²) < 4.78 is 15.1. The number of esters is 2. The van der Waals surface area contributed by atoms with Gasteiger partial charge in [0.15, 0.2) is 0 Å². The molecule has 0 unspecified atom stereocenters. The molecule has 0 fully saturated rings. The molecule has 8 heteroatoms. The molecule has 1 N–H and O–H groups in total. The molecule has 0 aliphatic heterocycles. The first-order chi connectivity index (χ1) is 15.4. The maximum Gasteiger partial charge on any atom is 0.337 e. The molecule has 32 heavy (non-hydrogen) atoms. The summed E-state index contributed by atoms with van der Waals surface area (Å²) in [6.45, 7) is 0.293. The maximum absolute atomic E-state index is 12.6. The lowest BCUT2D eigenvalue weighted by molar-refractivity contribution is 0.0599. The molecule has 0 aliphatic rings. The first-order valence-corrected chi connectivity index (χ1v) is 9.88. The molecule has 3 aromatic carbocycles. The van der Waals surface area contributed by atoms with Crippen molar-refractivity contribution in [3.8, 4) is 5.75 Å². The van der Waals surface area contributed by atoms with Gasteiger partial charge in [0.2, 0.25) is 0 Å². The predicted molar refractivity (Wildman–Crippen MR) is 119 cm³/mol. The minimum absolute atomic E-state index is 0.106. The van der Waals surface area contributed by atoms with Gasteiger partial charge >= 0.3 is 11.9 Å². The summed E-state index contributed by atoms with van der Waals surface area (Å²) in [7, 11) is 2.45. The molecule has 0 atom stereocenters. The zero-order valence-electron chi connectivity index (χ0n) is 17.4. The van der Waals surface area contributed by atoms with E-state index in [9.17, 15) is 14.4 Å². The molecule has 0 bridgehead atoms. The van der Waals surface area contributed by atoms with E-state index in [1.165, 1.54) is 32.4 Å². The fourth-order valence-corrected chi connectivity index (χ4v) is 3.04. The molecule has 7 nitrogen and oxygen atoms in total. The lowest BCUT2D eigenvalue weighted by Gasteiger charge is -2.11. The average molecular weight is 454 g/mol. The third-order valence-electron chi connectivity index (χ3n) is 4.50. The number of benzene rings is 3. The summed E-state index contributed by atoms with van der Waals surface area (Å²) in [5.74, 6) is -1.15. The Morgan fingerprint density at radius 1 is 0.812 bits per heavy atom. The number of hydrogen-bond donors (Lipinski definition) is 1. The van der Waals surface area contributed by atoms with Crippen molar-refractivity contribution in [1.29, 1.82) is 0 Å². The van der Waals surface area contributed by atoms with Gasteiger partial charge in [-0.1, -0.05) is 29.8 Å². The van der Waals surface area contributed by atoms with Crippen LogP contribution in [0.15, 0.2) is 66.7 Å². The van der Waals surface area contributed by atoms with E-state index in [2.05, 4.69) is 5.32 Å². The number of carbonyl (C=O) groups excluding carboxylic acids is 3. The summed E-state index contributed by atoms with van der Waals surface area (Å²) in [5, 5.41) is 3.28. The summed E-state index contributed by atoms with van der Waals surface area (Å²) in [5.41, 5.74) is 1.67. The molecule has 3 rings (SSSR count). The van der Waals surface area contributed by atoms with E-state index in [1.807, 2.05) is 18.2 Å². The number of amides is 1. The van der Waals surface area contributed by atoms with E-state index < -0.39 is 17.8 Å². The van der Waals surface area contributed by atoms with Crippen molar-refractivity contribution in [2.24, 2.45) is 0 Å². The summed E-state index contributed by atoms with van der Waals surface area (Å²) in [6.07, 6.45) is 0. The summed E-state index contributed by atoms with van der Waals surface area (Å²) in [6, 6.07) is 18.1. The van der Waals surface area contributed by atoms with Gasteiger partial charge in [-0.25, -0.2) is 9.59 Å². The minimum atomic E-state index is -0.647. The van der Waals surface area contributed by atoms with Crippen molar-refractivity contribution in [2.45, 2.75) is 6.61 Å². The topological polar surface area (TPSA) is 90.9 Å². The van der Waals surface area contributed by atoms with Gasteiger partial charge in [-0.3, -0.25) is 4.79 Å². The third kappa shape index (κ3) is 5.65. The van der Waals surface area contributed by atoms with Crippen LogP contribution in [0.4, 0.5) is 5.69 Å². The molecule has 0 heterocycles. The van der Waals surface area contributed by atoms with Crippen LogP contribution in [0.3, 0.4) is 0 Å². The zero-order chi connectivity index (χ0) is 23.1. The van der Waals surface area contributed by atoms with Crippen LogP contribution in [0.1, 0.15) is 36.6 Å². The SMILES string of the molecule is COC(=O)c1cc(NC(=O)c2ccc(OCc3ccccc3Cl)cc2)cc(C(=O)OC)c1. The van der Waals surface area contributed by atoms with Crippen LogP contribution >= 0.6 is 11.6 Å². The lowest BCUT2D eigenvalue weighted by Crippen LogP contribution is -2.14. The molecule has 0 saturated carbocycles. The van der Waals surface area contributed by atoms with Gasteiger partial charge in [-0.2, -0.15) is 0 Å². The second-order valence-corrected chi connectivity index (χ2v) is 7.05. The van der Waals surface area contributed by atoms with E-state index >= 15 is 0 Å². The van der Waals surface area contributed by atoms with Crippen LogP contribution in [-0.4, -0.2) is 32.1 Å². The Bertz CT molecular complexity index is 1110. The Hall–Kier alpha value is -3.84. The predicted octanol–water partition coefficient (Wildman–Crippen LogP) is 4.74. The first-order valence-electron chi connectivity index (χ1n) is 9.50. The van der Waals surface area contributed by atoms with Crippen molar-refractivity contribution in [1.82, 2.24) is 0 Å². The molecular formula is C24H20ClNO6. The van der Waals surface area contributed by atoms with E-state index in [0.717, 1.165) is 5.56 Å². The zero-order valence-corrected chi connectivity index (χ0v) is 18.1. The van der Waals surface area contributed by atoms with E-state index in [-0.39, 0.29) is 16.8 Å². The van der Waals surface area contributed by atoms with Crippen LogP contribution in [0.5, 0.6) is 5.75 Å². The number of hydrogen-bond acceptors (Lipinski definition) is 6. The molecule has 0 saturated heterocycles. The van der Waals surface area contributed by atoms with Crippen molar-refractivity contribution >= 4 is 35.1 Å². The second-order valence-electron chi connectivity index (χ2n) is 6.64. The number of methoxy groups -OCH3 is 2. The van der Waals surface area contributed by atoms with Gasteiger partial charge in [0.25, 0.3) is 5.91 Å². The van der Waals surface area contributed by atoms with Gasteiger partial charge in [0.05, 0.1) is 25.3 Å². The monoisotopic (exact) mass is 453 g/mol. The number of halogens is 1. The molecule has 3 aromatic rings. The molecule has 164 valence electrons. The van der Waals surface area contributed by atoms with Gasteiger partial charge in [-0.05, 0) is 48.5 Å². The van der Waals surface area contributed by atoms with Gasteiger partial charge in [0, 0.05) is 21.8 Å². The number of anilines is 1. The van der Waals surface area contributed by atoms with Gasteiger partial charge in [-0.15, -0.1) is 0 Å². The summed E-state index contributed by atoms with van der Waals surface area (Å²) in [4.78, 5) is 36.4. The number of ether oxygens (including phenoxy) is 3. The highest BCUT2D eigenvalue weighted by Gasteiger charge is 2.15. The Kier molecular flexibility index (Phi) is 7.46. The quantitative estimate of drug-likeness (QED) is 0.519. The fourth-order valence-electron chi connectivity index (χ4n) is 2.85. The van der Waals surface area contributed by atoms with Crippen molar-refractivity contribution in [2.75, 3.05) is 19.5 Å². The van der Waals surface area contributed by atoms with Crippen molar-refractivity contribution < 1.29 is 28.6 Å². The fraction of sp³-hybridized carbons (Fsp3) is 0.125. The van der Waals surface area contributed by atoms with Gasteiger partial charge < -0.3 is 19.5 Å². The normalized spacial score (nSPS) is 10.2. The summed E-state index contributed by atoms with van der Waals surface area (Å²) >= 11 is 6.12. The average Bonchev–Trinajstić information content (AvgIpc) is 2.82. The molecule has 0 spiro atoms. The van der Waals surface area contributed by atoms with E-state index in [1.54, 1.807) is 30.3 Å². The first kappa shape index (κ1) is 22.8. The van der Waals surface area contributed by atoms with Crippen LogP contribution in [0.25, 0.3) is 0 Å². The minimum Gasteiger partial charge on any atom is -0.489 e. The molecule has 0 aromatic heterocycles. The number of carbonyl (C=O) groups is 3. The van der Waals surface area contributed by atoms with Crippen LogP contribution < -0.4 is 10.1 Å². The van der Waals surface area contributed by atoms with E-state index in [0.29, 0.717) is 22.9 Å². The second kappa shape index (κ2) is 10.5. The van der Waals surface area contributed by atoms with Gasteiger partial charge in [0.1, 0.15) is 12.4 Å². The lowest BCUT2D eigenvalue weighted by atomic mass is 10.1. The van der Waals surface area contributed by atoms with Crippen LogP contribution in [0.2, 0.25) is 5.02 Å². The Morgan fingerprint density at radius 2 is 1.41 bits per heavy atom. The Balaban J connectivity index is 1.72. The smallest absolute Gasteiger partial charge is 0.337 e. The highest BCUT2D eigenvalue weighted by Crippen LogP contribution is 2.21. The van der Waals surface area contributed by atoms with Crippen molar-refractivity contribution in [3.05, 3.63) is 94.0 Å². The number of nitrogens with one attached hydrogen (secondary N) is 1. The Morgan fingerprint density at radius 3 is 1.97 bits per heavy atom. The molecular weight excluding hydrogens is 434 g/mol. The number of rotatable bonds is 7. The molecule has 1 amide bonds. The molecule has 0 aliphatic carbocycles. The van der Waals surface area contributed by atoms with E-state index in [4.69, 9.17) is 25.8 Å². The molecule has 0 radical (unpaired) electrons. The van der Waals surface area contributed by atoms with Crippen molar-refractivity contribution in [3.63, 3.8) is 0 Å². The Labute approximate surface area is 189 Å².